The van der Waals surface area contributed by atoms with Crippen molar-refractivity contribution in [1.82, 2.24) is 4.90 Å². The summed E-state index contributed by atoms with van der Waals surface area (Å²) in [5.74, 6) is -0.561. The molecule has 0 saturated carbocycles. The minimum atomic E-state index is -1.03. The number of rotatable bonds is 8. The summed E-state index contributed by atoms with van der Waals surface area (Å²) in [5, 5.41) is 0. The van der Waals surface area contributed by atoms with E-state index in [0.29, 0.717) is 18.9 Å². The third-order valence-electron chi connectivity index (χ3n) is 3.93. The average molecular weight is 354 g/mol. The highest BCUT2D eigenvalue weighted by molar-refractivity contribution is 5.77. The van der Waals surface area contributed by atoms with E-state index in [4.69, 9.17) is 19.9 Å². The molecule has 1 atom stereocenters. The molecule has 1 fully saturated rings. The van der Waals surface area contributed by atoms with Gasteiger partial charge >= 0.3 is 0 Å². The number of ether oxygens (including phenoxy) is 3. The molecule has 1 heterocycles. The molecule has 1 aliphatic rings. The van der Waals surface area contributed by atoms with Crippen molar-refractivity contribution in [2.45, 2.75) is 18.4 Å². The molecule has 0 aliphatic carbocycles. The molecule has 1 aliphatic heterocycles. The zero-order chi connectivity index (χ0) is 18.3. The minimum absolute atomic E-state index is 0.0234. The van der Waals surface area contributed by atoms with Crippen molar-refractivity contribution < 1.29 is 28.2 Å². The second-order valence-electron chi connectivity index (χ2n) is 5.98. The number of nitrogens with zero attached hydrogens (tertiary/aromatic N) is 1. The number of benzene rings is 1. The first-order chi connectivity index (χ1) is 11.9. The number of hydrogen-bond donors (Lipinski definition) is 1. The molecule has 2 N–H and O–H groups in total. The van der Waals surface area contributed by atoms with E-state index >= 15 is 0 Å². The van der Waals surface area contributed by atoms with Crippen LogP contribution < -0.4 is 10.5 Å². The predicted octanol–water partition coefficient (Wildman–Crippen LogP) is 0.714. The van der Waals surface area contributed by atoms with Crippen LogP contribution in [0.25, 0.3) is 0 Å². The van der Waals surface area contributed by atoms with Gasteiger partial charge in [0.25, 0.3) is 0 Å². The number of halogens is 1. The number of carbonyl (C=O) groups is 2. The van der Waals surface area contributed by atoms with E-state index in [-0.39, 0.29) is 44.3 Å². The fraction of sp³-hybridized carbons (Fsp3) is 0.529. The molecule has 25 heavy (non-hydrogen) atoms. The zero-order valence-electron chi connectivity index (χ0n) is 14.2. The Morgan fingerprint density at radius 1 is 1.36 bits per heavy atom. The monoisotopic (exact) mass is 354 g/mol. The topological polar surface area (TPSA) is 91.1 Å². The molecule has 0 radical (unpaired) electrons. The quantitative estimate of drug-likeness (QED) is 0.743. The molecule has 1 aromatic rings. The number of methoxy groups -OCH3 is 1. The molecule has 7 nitrogen and oxygen atoms in total. The lowest BCUT2D eigenvalue weighted by Gasteiger charge is -2.42. The van der Waals surface area contributed by atoms with Crippen LogP contribution in [0.4, 0.5) is 4.39 Å². The highest BCUT2D eigenvalue weighted by Crippen LogP contribution is 2.24. The number of amides is 2. The van der Waals surface area contributed by atoms with Gasteiger partial charge in [-0.05, 0) is 24.3 Å². The van der Waals surface area contributed by atoms with Gasteiger partial charge in [-0.15, -0.1) is 0 Å². The maximum absolute atomic E-state index is 13.0. The first-order valence-corrected chi connectivity index (χ1v) is 8.01. The van der Waals surface area contributed by atoms with E-state index in [1.165, 1.54) is 31.4 Å². The Balaban J connectivity index is 2.06. The summed E-state index contributed by atoms with van der Waals surface area (Å²) in [4.78, 5) is 25.3. The minimum Gasteiger partial charge on any atom is -0.490 e. The maximum Gasteiger partial charge on any atom is 0.225 e. The van der Waals surface area contributed by atoms with E-state index in [9.17, 15) is 14.0 Å². The number of hydrogen-bond acceptors (Lipinski definition) is 5. The van der Waals surface area contributed by atoms with Crippen LogP contribution in [0.2, 0.25) is 0 Å². The number of carbonyl (C=O) groups excluding carboxylic acids is 2. The molecule has 0 bridgehead atoms. The molecule has 0 spiro atoms. The van der Waals surface area contributed by atoms with Crippen molar-refractivity contribution in [2.75, 3.05) is 40.0 Å². The van der Waals surface area contributed by atoms with Crippen LogP contribution in [0.3, 0.4) is 0 Å². The standard InChI is InChI=1S/C17H23FN2O5/c1-23-8-6-16(22)20-7-9-25-17(11-20,10-15(19)21)12-24-14-4-2-13(18)3-5-14/h2-5H,6-12H2,1H3,(H2,19,21). The molecule has 1 saturated heterocycles. The van der Waals surface area contributed by atoms with E-state index in [1.54, 1.807) is 4.90 Å². The summed E-state index contributed by atoms with van der Waals surface area (Å²) in [6, 6.07) is 5.52. The van der Waals surface area contributed by atoms with Gasteiger partial charge in [0, 0.05) is 13.7 Å². The average Bonchev–Trinajstić information content (AvgIpc) is 2.59. The van der Waals surface area contributed by atoms with Gasteiger partial charge < -0.3 is 24.8 Å². The van der Waals surface area contributed by atoms with Crippen molar-refractivity contribution in [3.05, 3.63) is 30.1 Å². The Bertz CT molecular complexity index is 595. The van der Waals surface area contributed by atoms with Gasteiger partial charge in [0.15, 0.2) is 0 Å². The molecule has 1 aromatic carbocycles. The SMILES string of the molecule is COCCC(=O)N1CCOC(COc2ccc(F)cc2)(CC(N)=O)C1. The molecule has 2 amide bonds. The van der Waals surface area contributed by atoms with Crippen LogP contribution in [0.1, 0.15) is 12.8 Å². The lowest BCUT2D eigenvalue weighted by Crippen LogP contribution is -2.58. The summed E-state index contributed by atoms with van der Waals surface area (Å²) in [6.45, 7) is 1.25. The molecule has 1 unspecified atom stereocenters. The van der Waals surface area contributed by atoms with Crippen molar-refractivity contribution in [3.63, 3.8) is 0 Å². The summed E-state index contributed by atoms with van der Waals surface area (Å²) < 4.78 is 29.3. The van der Waals surface area contributed by atoms with E-state index in [0.717, 1.165) is 0 Å². The van der Waals surface area contributed by atoms with Gasteiger partial charge in [0.2, 0.25) is 11.8 Å². The van der Waals surface area contributed by atoms with Crippen LogP contribution in [-0.4, -0.2) is 62.3 Å². The Labute approximate surface area is 145 Å². The number of nitrogens with two attached hydrogens (primary N) is 1. The van der Waals surface area contributed by atoms with Crippen LogP contribution in [0.5, 0.6) is 5.75 Å². The highest BCUT2D eigenvalue weighted by atomic mass is 19.1. The Kier molecular flexibility index (Phi) is 6.72. The Morgan fingerprint density at radius 3 is 2.72 bits per heavy atom. The lowest BCUT2D eigenvalue weighted by molar-refractivity contribution is -0.162. The normalized spacial score (nSPS) is 20.3. The van der Waals surface area contributed by atoms with E-state index in [1.807, 2.05) is 0 Å². The molecule has 138 valence electrons. The molecular formula is C17H23FN2O5. The predicted molar refractivity (Wildman–Crippen MR) is 87.5 cm³/mol. The number of primary amides is 1. The second kappa shape index (κ2) is 8.77. The largest absolute Gasteiger partial charge is 0.490 e. The van der Waals surface area contributed by atoms with Crippen LogP contribution in [-0.2, 0) is 19.1 Å². The van der Waals surface area contributed by atoms with Gasteiger partial charge in [-0.1, -0.05) is 0 Å². The van der Waals surface area contributed by atoms with Gasteiger partial charge in [-0.2, -0.15) is 0 Å². The van der Waals surface area contributed by atoms with Gasteiger partial charge in [0.1, 0.15) is 23.8 Å². The maximum atomic E-state index is 13.0. The van der Waals surface area contributed by atoms with Crippen molar-refractivity contribution >= 4 is 11.8 Å². The van der Waals surface area contributed by atoms with E-state index in [2.05, 4.69) is 0 Å². The number of morpholine rings is 1. The molecular weight excluding hydrogens is 331 g/mol. The lowest BCUT2D eigenvalue weighted by atomic mass is 9.97. The second-order valence-corrected chi connectivity index (χ2v) is 5.98. The van der Waals surface area contributed by atoms with Crippen molar-refractivity contribution in [3.8, 4) is 5.75 Å². The summed E-state index contributed by atoms with van der Waals surface area (Å²) in [7, 11) is 1.53. The third-order valence-corrected chi connectivity index (χ3v) is 3.93. The van der Waals surface area contributed by atoms with E-state index < -0.39 is 11.5 Å². The fourth-order valence-electron chi connectivity index (χ4n) is 2.71. The van der Waals surface area contributed by atoms with Gasteiger partial charge in [-0.25, -0.2) is 4.39 Å². The molecule has 0 aromatic heterocycles. The molecule has 2 rings (SSSR count). The summed E-state index contributed by atoms with van der Waals surface area (Å²) >= 11 is 0. The highest BCUT2D eigenvalue weighted by Gasteiger charge is 2.40. The van der Waals surface area contributed by atoms with Crippen LogP contribution in [0.15, 0.2) is 24.3 Å². The Hall–Kier alpha value is -2.19. The first kappa shape index (κ1) is 19.1. The molecule has 8 heteroatoms. The fourth-order valence-corrected chi connectivity index (χ4v) is 2.71. The van der Waals surface area contributed by atoms with Crippen molar-refractivity contribution in [1.29, 1.82) is 0 Å². The summed E-state index contributed by atoms with van der Waals surface area (Å²) in [5.41, 5.74) is 4.32. The first-order valence-electron chi connectivity index (χ1n) is 8.01. The Morgan fingerprint density at radius 2 is 2.08 bits per heavy atom. The summed E-state index contributed by atoms with van der Waals surface area (Å²) in [6.07, 6.45) is 0.171. The third kappa shape index (κ3) is 5.68. The zero-order valence-corrected chi connectivity index (χ0v) is 14.2. The van der Waals surface area contributed by atoms with Gasteiger partial charge in [-0.3, -0.25) is 9.59 Å². The van der Waals surface area contributed by atoms with Gasteiger partial charge in [0.05, 0.1) is 32.6 Å². The van der Waals surface area contributed by atoms with Crippen LogP contribution in [0, 0.1) is 5.82 Å². The smallest absolute Gasteiger partial charge is 0.225 e. The van der Waals surface area contributed by atoms with Crippen LogP contribution >= 0.6 is 0 Å². The van der Waals surface area contributed by atoms with Crippen molar-refractivity contribution in [2.24, 2.45) is 5.73 Å².